The molecule has 0 amide bonds. The summed E-state index contributed by atoms with van der Waals surface area (Å²) in [5.41, 5.74) is 3.35. The summed E-state index contributed by atoms with van der Waals surface area (Å²) in [6.07, 6.45) is 3.74. The van der Waals surface area contributed by atoms with E-state index in [1.54, 1.807) is 11.3 Å². The predicted octanol–water partition coefficient (Wildman–Crippen LogP) is 2.17. The average molecular weight is 196 g/mol. The van der Waals surface area contributed by atoms with Crippen LogP contribution in [0.25, 0.3) is 0 Å². The number of hydrogen-bond acceptors (Lipinski definition) is 3. The molecule has 1 unspecified atom stereocenters. The highest BCUT2D eigenvalue weighted by molar-refractivity contribution is 7.09. The molecule has 0 aliphatic carbocycles. The number of aromatic nitrogens is 1. The molecule has 1 fully saturated rings. The smallest absolute Gasteiger partial charge is 0.0797 e. The number of thiazole rings is 1. The Kier molecular flexibility index (Phi) is 2.96. The summed E-state index contributed by atoms with van der Waals surface area (Å²) in [7, 11) is 0. The lowest BCUT2D eigenvalue weighted by atomic mass is 9.95. The van der Waals surface area contributed by atoms with Gasteiger partial charge in [-0.25, -0.2) is 4.98 Å². The van der Waals surface area contributed by atoms with Gasteiger partial charge in [-0.05, 0) is 25.8 Å². The van der Waals surface area contributed by atoms with Gasteiger partial charge in [0.25, 0.3) is 0 Å². The van der Waals surface area contributed by atoms with Crippen LogP contribution >= 0.6 is 11.3 Å². The molecule has 1 N–H and O–H groups in total. The van der Waals surface area contributed by atoms with Crippen molar-refractivity contribution in [2.24, 2.45) is 0 Å². The van der Waals surface area contributed by atoms with Crippen LogP contribution in [0.4, 0.5) is 0 Å². The van der Waals surface area contributed by atoms with Crippen LogP contribution in [0.2, 0.25) is 0 Å². The second-order valence-electron chi connectivity index (χ2n) is 3.56. The Bertz CT molecular complexity index is 264. The molecule has 2 rings (SSSR count). The van der Waals surface area contributed by atoms with Crippen molar-refractivity contribution in [3.8, 4) is 0 Å². The van der Waals surface area contributed by atoms with Gasteiger partial charge < -0.3 is 5.32 Å². The van der Waals surface area contributed by atoms with E-state index in [2.05, 4.69) is 17.2 Å². The maximum Gasteiger partial charge on any atom is 0.0797 e. The van der Waals surface area contributed by atoms with Gasteiger partial charge in [-0.15, -0.1) is 11.3 Å². The SMILES string of the molecule is CCc1scnc1C1CCCNC1. The fourth-order valence-electron chi connectivity index (χ4n) is 1.96. The lowest BCUT2D eigenvalue weighted by Crippen LogP contribution is -2.28. The first-order valence-corrected chi connectivity index (χ1v) is 5.92. The Morgan fingerprint density at radius 2 is 2.62 bits per heavy atom. The third-order valence-electron chi connectivity index (χ3n) is 2.68. The number of nitrogens with one attached hydrogen (secondary N) is 1. The van der Waals surface area contributed by atoms with Crippen LogP contribution in [-0.4, -0.2) is 18.1 Å². The van der Waals surface area contributed by atoms with Crippen LogP contribution < -0.4 is 5.32 Å². The van der Waals surface area contributed by atoms with Gasteiger partial charge in [0.15, 0.2) is 0 Å². The van der Waals surface area contributed by atoms with Gasteiger partial charge >= 0.3 is 0 Å². The van der Waals surface area contributed by atoms with Gasteiger partial charge in [-0.3, -0.25) is 0 Å². The Balaban J connectivity index is 2.13. The van der Waals surface area contributed by atoms with E-state index < -0.39 is 0 Å². The van der Waals surface area contributed by atoms with Crippen molar-refractivity contribution in [3.05, 3.63) is 16.1 Å². The number of rotatable bonds is 2. The van der Waals surface area contributed by atoms with Crippen LogP contribution in [0.5, 0.6) is 0 Å². The molecule has 1 aromatic heterocycles. The summed E-state index contributed by atoms with van der Waals surface area (Å²) in [4.78, 5) is 5.97. The third kappa shape index (κ3) is 1.92. The summed E-state index contributed by atoms with van der Waals surface area (Å²) >= 11 is 1.80. The summed E-state index contributed by atoms with van der Waals surface area (Å²) < 4.78 is 0. The molecule has 2 heterocycles. The Labute approximate surface area is 83.4 Å². The molecule has 0 aromatic carbocycles. The van der Waals surface area contributed by atoms with Crippen molar-refractivity contribution in [1.82, 2.24) is 10.3 Å². The van der Waals surface area contributed by atoms with Crippen LogP contribution in [0.1, 0.15) is 36.3 Å². The van der Waals surface area contributed by atoms with E-state index in [4.69, 9.17) is 0 Å². The van der Waals surface area contributed by atoms with Crippen LogP contribution in [0.3, 0.4) is 0 Å². The number of nitrogens with zero attached hydrogens (tertiary/aromatic N) is 1. The predicted molar refractivity (Wildman–Crippen MR) is 56.3 cm³/mol. The molecular weight excluding hydrogens is 180 g/mol. The number of aryl methyl sites for hydroxylation is 1. The number of piperidine rings is 1. The lowest BCUT2D eigenvalue weighted by Gasteiger charge is -2.21. The maximum absolute atomic E-state index is 4.49. The van der Waals surface area contributed by atoms with Crippen molar-refractivity contribution >= 4 is 11.3 Å². The molecule has 72 valence electrons. The maximum atomic E-state index is 4.49. The van der Waals surface area contributed by atoms with Crippen molar-refractivity contribution < 1.29 is 0 Å². The van der Waals surface area contributed by atoms with Crippen molar-refractivity contribution in [2.45, 2.75) is 32.1 Å². The third-order valence-corrected chi connectivity index (χ3v) is 3.67. The quantitative estimate of drug-likeness (QED) is 0.784. The fourth-order valence-corrected chi connectivity index (χ4v) is 2.76. The van der Waals surface area contributed by atoms with E-state index in [-0.39, 0.29) is 0 Å². The van der Waals surface area contributed by atoms with Gasteiger partial charge in [0.1, 0.15) is 0 Å². The van der Waals surface area contributed by atoms with Crippen LogP contribution in [-0.2, 0) is 6.42 Å². The standard InChI is InChI=1S/C10H16N2S/c1-2-9-10(12-7-13-9)8-4-3-5-11-6-8/h7-8,11H,2-6H2,1H3. The van der Waals surface area contributed by atoms with E-state index in [1.807, 2.05) is 5.51 Å². The molecule has 1 aliphatic heterocycles. The topological polar surface area (TPSA) is 24.9 Å². The molecule has 0 bridgehead atoms. The van der Waals surface area contributed by atoms with E-state index in [1.165, 1.54) is 30.0 Å². The molecule has 13 heavy (non-hydrogen) atoms. The molecular formula is C10H16N2S. The molecule has 1 aliphatic rings. The lowest BCUT2D eigenvalue weighted by molar-refractivity contribution is 0.454. The second-order valence-corrected chi connectivity index (χ2v) is 4.50. The first-order chi connectivity index (χ1) is 6.42. The van der Waals surface area contributed by atoms with Crippen molar-refractivity contribution in [3.63, 3.8) is 0 Å². The van der Waals surface area contributed by atoms with Crippen LogP contribution in [0.15, 0.2) is 5.51 Å². The highest BCUT2D eigenvalue weighted by Crippen LogP contribution is 2.27. The molecule has 2 nitrogen and oxygen atoms in total. The highest BCUT2D eigenvalue weighted by atomic mass is 32.1. The molecule has 0 saturated carbocycles. The second kappa shape index (κ2) is 4.20. The van der Waals surface area contributed by atoms with E-state index in [0.717, 1.165) is 13.0 Å². The van der Waals surface area contributed by atoms with Crippen molar-refractivity contribution in [2.75, 3.05) is 13.1 Å². The zero-order valence-corrected chi connectivity index (χ0v) is 8.86. The minimum atomic E-state index is 0.676. The minimum Gasteiger partial charge on any atom is -0.316 e. The molecule has 1 atom stereocenters. The molecule has 0 spiro atoms. The first kappa shape index (κ1) is 9.16. The Morgan fingerprint density at radius 3 is 3.31 bits per heavy atom. The molecule has 3 heteroatoms. The largest absolute Gasteiger partial charge is 0.316 e. The number of hydrogen-bond donors (Lipinski definition) is 1. The summed E-state index contributed by atoms with van der Waals surface area (Å²) in [6, 6.07) is 0. The monoisotopic (exact) mass is 196 g/mol. The van der Waals surface area contributed by atoms with Gasteiger partial charge in [0.05, 0.1) is 11.2 Å². The average Bonchev–Trinajstić information content (AvgIpc) is 2.67. The van der Waals surface area contributed by atoms with Gasteiger partial charge in [0, 0.05) is 17.3 Å². The normalized spacial score (nSPS) is 23.3. The Hall–Kier alpha value is -0.410. The highest BCUT2D eigenvalue weighted by Gasteiger charge is 2.19. The zero-order valence-electron chi connectivity index (χ0n) is 8.05. The summed E-state index contributed by atoms with van der Waals surface area (Å²) in [6.45, 7) is 4.52. The van der Waals surface area contributed by atoms with Crippen LogP contribution in [0, 0.1) is 0 Å². The summed E-state index contributed by atoms with van der Waals surface area (Å²) in [5.74, 6) is 0.676. The van der Waals surface area contributed by atoms with Crippen molar-refractivity contribution in [1.29, 1.82) is 0 Å². The van der Waals surface area contributed by atoms with E-state index >= 15 is 0 Å². The zero-order chi connectivity index (χ0) is 9.10. The Morgan fingerprint density at radius 1 is 1.69 bits per heavy atom. The molecule has 0 radical (unpaired) electrons. The minimum absolute atomic E-state index is 0.676. The fraction of sp³-hybridized carbons (Fsp3) is 0.700. The van der Waals surface area contributed by atoms with Gasteiger partial charge in [-0.1, -0.05) is 6.92 Å². The van der Waals surface area contributed by atoms with Gasteiger partial charge in [-0.2, -0.15) is 0 Å². The van der Waals surface area contributed by atoms with Gasteiger partial charge in [0.2, 0.25) is 0 Å². The summed E-state index contributed by atoms with van der Waals surface area (Å²) in [5, 5.41) is 3.44. The van der Waals surface area contributed by atoms with E-state index in [0.29, 0.717) is 5.92 Å². The molecule has 1 saturated heterocycles. The first-order valence-electron chi connectivity index (χ1n) is 5.04. The van der Waals surface area contributed by atoms with E-state index in [9.17, 15) is 0 Å². The molecule has 1 aromatic rings.